The molecule has 1 N–H and O–H groups in total. The molecule has 3 aromatic rings. The van der Waals surface area contributed by atoms with Gasteiger partial charge in [0.2, 0.25) is 0 Å². The van der Waals surface area contributed by atoms with Crippen LogP contribution in [0.4, 0.5) is 4.39 Å². The number of nitriles is 1. The monoisotopic (exact) mass is 443 g/mol. The van der Waals surface area contributed by atoms with Crippen molar-refractivity contribution in [3.8, 4) is 17.3 Å². The third-order valence-electron chi connectivity index (χ3n) is 6.40. The molecule has 0 aromatic heterocycles. The summed E-state index contributed by atoms with van der Waals surface area (Å²) >= 11 is 1.58. The Kier molecular flexibility index (Phi) is 5.59. The number of amides is 1. The zero-order chi connectivity index (χ0) is 22.1. The van der Waals surface area contributed by atoms with E-state index in [-0.39, 0.29) is 23.8 Å². The average molecular weight is 444 g/mol. The lowest BCUT2D eigenvalue weighted by Gasteiger charge is -2.21. The smallest absolute Gasteiger partial charge is 0.251 e. The van der Waals surface area contributed by atoms with Crippen LogP contribution in [0.5, 0.6) is 0 Å². The van der Waals surface area contributed by atoms with E-state index in [2.05, 4.69) is 11.5 Å². The quantitative estimate of drug-likeness (QED) is 0.543. The van der Waals surface area contributed by atoms with Crippen molar-refractivity contribution in [2.24, 2.45) is 5.92 Å². The minimum atomic E-state index is -0.248. The Morgan fingerprint density at radius 3 is 2.50 bits per heavy atom. The third kappa shape index (κ3) is 3.96. The third-order valence-corrected chi connectivity index (χ3v) is 7.48. The second kappa shape index (κ2) is 8.68. The highest BCUT2D eigenvalue weighted by atomic mass is 32.2. The molecule has 1 amide bonds. The first-order valence-corrected chi connectivity index (χ1v) is 11.5. The number of fused-ring (bicyclic) bond motifs is 2. The van der Waals surface area contributed by atoms with E-state index in [1.807, 2.05) is 48.5 Å². The summed E-state index contributed by atoms with van der Waals surface area (Å²) in [5, 5.41) is 12.4. The summed E-state index contributed by atoms with van der Waals surface area (Å²) in [6.45, 7) is 0.744. The van der Waals surface area contributed by atoms with E-state index < -0.39 is 0 Å². The average Bonchev–Trinajstić information content (AvgIpc) is 3.37. The number of carbonyl (C=O) groups excluding carboxylic acids is 1. The van der Waals surface area contributed by atoms with Gasteiger partial charge in [0.15, 0.2) is 6.19 Å². The standard InChI is InChI=1S/C26H22FN3OS/c27-20-10-12-21(13-11-20)32-24-4-2-1-3-22(24)17-5-7-18(8-6-17)26(31)29-25-19-9-14-23(25)30(15-19)16-28/h1-8,10-13,19,23,25H,9,14-15H2,(H,29,31)/t19?,23?,25-/m1/s1. The number of nitrogens with zero attached hydrogens (tertiary/aromatic N) is 2. The van der Waals surface area contributed by atoms with Gasteiger partial charge in [-0.15, -0.1) is 0 Å². The molecular weight excluding hydrogens is 421 g/mol. The van der Waals surface area contributed by atoms with Gasteiger partial charge in [-0.25, -0.2) is 4.39 Å². The molecule has 32 heavy (non-hydrogen) atoms. The lowest BCUT2D eigenvalue weighted by atomic mass is 10.0. The van der Waals surface area contributed by atoms with Crippen LogP contribution in [0.2, 0.25) is 0 Å². The van der Waals surface area contributed by atoms with Gasteiger partial charge in [-0.3, -0.25) is 4.79 Å². The van der Waals surface area contributed by atoms with E-state index in [0.29, 0.717) is 11.5 Å². The fraction of sp³-hybridized carbons (Fsp3) is 0.231. The number of carbonyl (C=O) groups is 1. The zero-order valence-electron chi connectivity index (χ0n) is 17.4. The van der Waals surface area contributed by atoms with Crippen LogP contribution < -0.4 is 5.32 Å². The summed E-state index contributed by atoms with van der Waals surface area (Å²) in [6, 6.07) is 22.3. The predicted octanol–water partition coefficient (Wildman–Crippen LogP) is 5.32. The van der Waals surface area contributed by atoms with Crippen LogP contribution in [0.25, 0.3) is 11.1 Å². The summed E-state index contributed by atoms with van der Waals surface area (Å²) in [4.78, 5) is 16.7. The molecule has 3 atom stereocenters. The molecule has 160 valence electrons. The molecule has 1 heterocycles. The fourth-order valence-corrected chi connectivity index (χ4v) is 5.76. The van der Waals surface area contributed by atoms with Crippen LogP contribution in [-0.2, 0) is 0 Å². The molecule has 5 rings (SSSR count). The maximum Gasteiger partial charge on any atom is 0.251 e. The molecule has 1 saturated heterocycles. The van der Waals surface area contributed by atoms with Crippen molar-refractivity contribution in [1.29, 1.82) is 5.26 Å². The number of likely N-dealkylation sites (tertiary alicyclic amines) is 1. The molecule has 1 aliphatic carbocycles. The molecule has 4 nitrogen and oxygen atoms in total. The van der Waals surface area contributed by atoms with Crippen LogP contribution in [0.1, 0.15) is 23.2 Å². The van der Waals surface area contributed by atoms with Gasteiger partial charge in [-0.05, 0) is 72.4 Å². The van der Waals surface area contributed by atoms with Crippen LogP contribution in [-0.4, -0.2) is 29.4 Å². The van der Waals surface area contributed by atoms with Gasteiger partial charge in [0, 0.05) is 21.9 Å². The largest absolute Gasteiger partial charge is 0.347 e. The van der Waals surface area contributed by atoms with Crippen LogP contribution in [0, 0.1) is 23.2 Å². The molecule has 1 aliphatic heterocycles. The number of halogens is 1. The Bertz CT molecular complexity index is 1170. The minimum Gasteiger partial charge on any atom is -0.347 e. The second-order valence-corrected chi connectivity index (χ2v) is 9.40. The van der Waals surface area contributed by atoms with Crippen molar-refractivity contribution in [1.82, 2.24) is 10.2 Å². The summed E-state index contributed by atoms with van der Waals surface area (Å²) in [7, 11) is 0. The molecule has 3 aromatic carbocycles. The van der Waals surface area contributed by atoms with Crippen molar-refractivity contribution in [3.63, 3.8) is 0 Å². The van der Waals surface area contributed by atoms with E-state index in [0.717, 1.165) is 40.3 Å². The number of rotatable bonds is 5. The van der Waals surface area contributed by atoms with Crippen LogP contribution >= 0.6 is 11.8 Å². The highest BCUT2D eigenvalue weighted by Crippen LogP contribution is 2.38. The number of nitrogens with one attached hydrogen (secondary N) is 1. The molecule has 2 unspecified atom stereocenters. The van der Waals surface area contributed by atoms with E-state index in [4.69, 9.17) is 0 Å². The fourth-order valence-electron chi connectivity index (χ4n) is 4.79. The number of benzene rings is 3. The van der Waals surface area contributed by atoms with Crippen LogP contribution in [0.3, 0.4) is 0 Å². The van der Waals surface area contributed by atoms with Crippen molar-refractivity contribution < 1.29 is 9.18 Å². The first-order valence-electron chi connectivity index (χ1n) is 10.7. The van der Waals surface area contributed by atoms with E-state index >= 15 is 0 Å². The molecular formula is C26H22FN3OS. The number of hydrogen-bond donors (Lipinski definition) is 1. The minimum absolute atomic E-state index is 0.0506. The van der Waals surface area contributed by atoms with Crippen LogP contribution in [0.15, 0.2) is 82.6 Å². The van der Waals surface area contributed by atoms with Gasteiger partial charge in [0.25, 0.3) is 5.91 Å². The lowest BCUT2D eigenvalue weighted by molar-refractivity contribution is 0.0929. The maximum atomic E-state index is 13.2. The summed E-state index contributed by atoms with van der Waals surface area (Å²) in [5.74, 6) is 0.0212. The van der Waals surface area contributed by atoms with Gasteiger partial charge < -0.3 is 10.2 Å². The van der Waals surface area contributed by atoms with Gasteiger partial charge in [-0.1, -0.05) is 42.1 Å². The zero-order valence-corrected chi connectivity index (χ0v) is 18.2. The molecule has 2 bridgehead atoms. The summed E-state index contributed by atoms with van der Waals surface area (Å²) in [6.07, 6.45) is 4.28. The summed E-state index contributed by atoms with van der Waals surface area (Å²) < 4.78 is 13.2. The van der Waals surface area contributed by atoms with Gasteiger partial charge >= 0.3 is 0 Å². The highest BCUT2D eigenvalue weighted by molar-refractivity contribution is 7.99. The Morgan fingerprint density at radius 2 is 1.78 bits per heavy atom. The highest BCUT2D eigenvalue weighted by Gasteiger charge is 2.47. The molecule has 2 fully saturated rings. The number of piperidine rings is 1. The molecule has 0 spiro atoms. The Balaban J connectivity index is 1.32. The van der Waals surface area contributed by atoms with Crippen molar-refractivity contribution in [3.05, 3.63) is 84.2 Å². The van der Waals surface area contributed by atoms with Gasteiger partial charge in [0.1, 0.15) is 5.82 Å². The molecule has 1 saturated carbocycles. The Morgan fingerprint density at radius 1 is 1.03 bits per heavy atom. The second-order valence-electron chi connectivity index (χ2n) is 8.29. The first-order chi connectivity index (χ1) is 15.6. The molecule has 2 aliphatic rings. The normalized spacial score (nSPS) is 21.4. The summed E-state index contributed by atoms with van der Waals surface area (Å²) in [5.41, 5.74) is 2.70. The van der Waals surface area contributed by atoms with E-state index in [1.165, 1.54) is 12.1 Å². The van der Waals surface area contributed by atoms with E-state index in [1.54, 1.807) is 28.8 Å². The maximum absolute atomic E-state index is 13.2. The molecule has 0 radical (unpaired) electrons. The number of hydrogen-bond acceptors (Lipinski definition) is 4. The Hall–Kier alpha value is -3.30. The van der Waals surface area contributed by atoms with Gasteiger partial charge in [-0.2, -0.15) is 5.26 Å². The van der Waals surface area contributed by atoms with E-state index in [9.17, 15) is 14.4 Å². The SMILES string of the molecule is N#CN1CC2CCC1[C@@H]2NC(=O)c1ccc(-c2ccccc2Sc2ccc(F)cc2)cc1. The topological polar surface area (TPSA) is 56.1 Å². The van der Waals surface area contributed by atoms with Crippen molar-refractivity contribution >= 4 is 17.7 Å². The Labute approximate surface area is 191 Å². The predicted molar refractivity (Wildman–Crippen MR) is 122 cm³/mol. The van der Waals surface area contributed by atoms with Crippen molar-refractivity contribution in [2.75, 3.05) is 6.54 Å². The molecule has 6 heteroatoms. The van der Waals surface area contributed by atoms with Gasteiger partial charge in [0.05, 0.1) is 12.1 Å². The lowest BCUT2D eigenvalue weighted by Crippen LogP contribution is -2.42. The first kappa shape index (κ1) is 20.6. The van der Waals surface area contributed by atoms with Crippen molar-refractivity contribution in [2.45, 2.75) is 34.7 Å².